The number of carbonyl (C=O) groups is 4. The number of benzene rings is 1. The predicted molar refractivity (Wildman–Crippen MR) is 151 cm³/mol. The monoisotopic (exact) mass is 564 g/mol. The fourth-order valence-corrected chi connectivity index (χ4v) is 3.21. The molecule has 0 aliphatic rings. The second-order valence-electron chi connectivity index (χ2n) is 11.5. The van der Waals surface area contributed by atoms with Gasteiger partial charge in [-0.05, 0) is 97.4 Å². The van der Waals surface area contributed by atoms with Gasteiger partial charge in [0.25, 0.3) is 5.91 Å². The summed E-state index contributed by atoms with van der Waals surface area (Å²) in [5.41, 5.74) is -1.28. The summed E-state index contributed by atoms with van der Waals surface area (Å²) in [5.74, 6) is 9.76. The van der Waals surface area contributed by atoms with Gasteiger partial charge in [-0.1, -0.05) is 5.92 Å². The van der Waals surface area contributed by atoms with E-state index >= 15 is 0 Å². The lowest BCUT2D eigenvalue weighted by Gasteiger charge is -2.34. The first-order chi connectivity index (χ1) is 18.9. The molecule has 0 radical (unpaired) electrons. The predicted octanol–water partition coefficient (Wildman–Crippen LogP) is 3.64. The van der Waals surface area contributed by atoms with Crippen LogP contribution < -0.4 is 10.6 Å². The molecule has 0 aliphatic heterocycles. The molecule has 1 aromatic carbocycles. The third-order valence-electron chi connectivity index (χ3n) is 5.04. The van der Waals surface area contributed by atoms with Crippen molar-refractivity contribution < 1.29 is 33.4 Å². The Morgan fingerprint density at radius 2 is 1.41 bits per heavy atom. The van der Waals surface area contributed by atoms with Crippen LogP contribution in [-0.4, -0.2) is 63.7 Å². The van der Waals surface area contributed by atoms with Crippen molar-refractivity contribution >= 4 is 24.1 Å². The highest BCUT2D eigenvalue weighted by molar-refractivity contribution is 5.97. The van der Waals surface area contributed by atoms with Gasteiger partial charge in [0.05, 0.1) is 30.6 Å². The number of methoxy groups -OCH3 is 1. The number of hydrogen-bond donors (Lipinski definition) is 2. The second kappa shape index (κ2) is 13.1. The number of amides is 2. The summed E-state index contributed by atoms with van der Waals surface area (Å²) in [4.78, 5) is 49.8. The summed E-state index contributed by atoms with van der Waals surface area (Å²) in [5, 5.41) is 9.18. The van der Waals surface area contributed by atoms with E-state index in [4.69, 9.17) is 14.2 Å². The molecule has 41 heavy (non-hydrogen) atoms. The van der Waals surface area contributed by atoms with Crippen molar-refractivity contribution in [2.75, 3.05) is 7.11 Å². The fraction of sp³-hybridized carbons (Fsp3) is 0.433. The minimum Gasteiger partial charge on any atom is -0.467 e. The quantitative estimate of drug-likeness (QED) is 0.319. The first kappa shape index (κ1) is 32.4. The van der Waals surface area contributed by atoms with Gasteiger partial charge in [0.15, 0.2) is 0 Å². The molecule has 0 saturated carbocycles. The van der Waals surface area contributed by atoms with Crippen molar-refractivity contribution in [1.29, 1.82) is 0 Å². The van der Waals surface area contributed by atoms with Crippen molar-refractivity contribution in [3.8, 4) is 23.7 Å². The number of ether oxygens (including phenoxy) is 3. The molecule has 2 N–H and O–H groups in total. The van der Waals surface area contributed by atoms with Crippen molar-refractivity contribution in [1.82, 2.24) is 20.4 Å². The van der Waals surface area contributed by atoms with Crippen LogP contribution in [-0.2, 0) is 19.0 Å². The Kier molecular flexibility index (Phi) is 10.3. The molecule has 0 bridgehead atoms. The van der Waals surface area contributed by atoms with Crippen LogP contribution in [0.15, 0.2) is 36.7 Å². The highest BCUT2D eigenvalue weighted by Gasteiger charge is 2.40. The maximum Gasteiger partial charge on any atom is 0.435 e. The summed E-state index contributed by atoms with van der Waals surface area (Å²) >= 11 is 0. The molecular formula is C30H36N4O7. The maximum absolute atomic E-state index is 12.9. The number of hydrogen-bond acceptors (Lipinski definition) is 8. The van der Waals surface area contributed by atoms with E-state index in [0.717, 1.165) is 4.68 Å². The smallest absolute Gasteiger partial charge is 0.435 e. The summed E-state index contributed by atoms with van der Waals surface area (Å²) in [7, 11) is 1.19. The summed E-state index contributed by atoms with van der Waals surface area (Å²) in [6.07, 6.45) is 1.52. The Balaban J connectivity index is 2.08. The van der Waals surface area contributed by atoms with Gasteiger partial charge in [-0.2, -0.15) is 9.78 Å². The Morgan fingerprint density at radius 1 is 0.854 bits per heavy atom. The number of nitrogens with one attached hydrogen (secondary N) is 2. The Labute approximate surface area is 240 Å². The van der Waals surface area contributed by atoms with E-state index in [1.807, 2.05) is 0 Å². The number of rotatable bonds is 5. The molecule has 2 rings (SSSR count). The first-order valence-electron chi connectivity index (χ1n) is 12.7. The topological polar surface area (TPSA) is 138 Å². The normalized spacial score (nSPS) is 11.9. The molecule has 0 unspecified atom stereocenters. The molecule has 2 amide bonds. The highest BCUT2D eigenvalue weighted by Crippen LogP contribution is 2.15. The van der Waals surface area contributed by atoms with Gasteiger partial charge in [0, 0.05) is 11.1 Å². The average molecular weight is 565 g/mol. The van der Waals surface area contributed by atoms with Crippen LogP contribution in [0.3, 0.4) is 0 Å². The lowest BCUT2D eigenvalue weighted by Crippen LogP contribution is -2.62. The molecule has 0 fully saturated rings. The van der Waals surface area contributed by atoms with Gasteiger partial charge in [-0.15, -0.1) is 0 Å². The zero-order valence-corrected chi connectivity index (χ0v) is 24.8. The van der Waals surface area contributed by atoms with Crippen LogP contribution in [0.2, 0.25) is 0 Å². The van der Waals surface area contributed by atoms with Gasteiger partial charge < -0.3 is 24.8 Å². The average Bonchev–Trinajstić information content (AvgIpc) is 3.31. The van der Waals surface area contributed by atoms with Crippen molar-refractivity contribution in [2.24, 2.45) is 0 Å². The van der Waals surface area contributed by atoms with Gasteiger partial charge >= 0.3 is 18.2 Å². The van der Waals surface area contributed by atoms with Gasteiger partial charge in [-0.25, -0.2) is 14.4 Å². The second-order valence-corrected chi connectivity index (χ2v) is 11.5. The largest absolute Gasteiger partial charge is 0.467 e. The molecule has 0 saturated heterocycles. The minimum atomic E-state index is -1.24. The fourth-order valence-electron chi connectivity index (χ4n) is 3.21. The zero-order chi connectivity index (χ0) is 31.0. The van der Waals surface area contributed by atoms with Crippen LogP contribution >= 0.6 is 0 Å². The Morgan fingerprint density at radius 3 is 1.95 bits per heavy atom. The lowest BCUT2D eigenvalue weighted by atomic mass is 9.94. The van der Waals surface area contributed by atoms with E-state index in [9.17, 15) is 19.2 Å². The third kappa shape index (κ3) is 10.7. The number of carbonyl (C=O) groups excluding carboxylic acids is 4. The Bertz CT molecular complexity index is 1400. The van der Waals surface area contributed by atoms with E-state index < -0.39 is 46.8 Å². The van der Waals surface area contributed by atoms with E-state index in [1.54, 1.807) is 79.7 Å². The van der Waals surface area contributed by atoms with E-state index in [2.05, 4.69) is 39.4 Å². The van der Waals surface area contributed by atoms with Crippen molar-refractivity contribution in [2.45, 2.75) is 78.2 Å². The van der Waals surface area contributed by atoms with Gasteiger partial charge in [0.2, 0.25) is 0 Å². The van der Waals surface area contributed by atoms with Crippen LogP contribution in [0, 0.1) is 23.7 Å². The van der Waals surface area contributed by atoms with Crippen LogP contribution in [0.1, 0.15) is 76.9 Å². The van der Waals surface area contributed by atoms with E-state index in [1.165, 1.54) is 19.5 Å². The molecule has 0 aliphatic carbocycles. The molecular weight excluding hydrogens is 528 g/mol. The molecule has 1 heterocycles. The van der Waals surface area contributed by atoms with Crippen LogP contribution in [0.5, 0.6) is 0 Å². The molecule has 0 spiro atoms. The van der Waals surface area contributed by atoms with E-state index in [0.29, 0.717) is 11.1 Å². The zero-order valence-electron chi connectivity index (χ0n) is 24.8. The maximum atomic E-state index is 12.9. The number of aromatic nitrogens is 2. The summed E-state index contributed by atoms with van der Waals surface area (Å²) < 4.78 is 16.4. The first-order valence-corrected chi connectivity index (χ1v) is 12.7. The van der Waals surface area contributed by atoms with Crippen LogP contribution in [0.25, 0.3) is 0 Å². The molecule has 2 aromatic rings. The van der Waals surface area contributed by atoms with Gasteiger partial charge in [0.1, 0.15) is 17.2 Å². The number of nitrogens with zero attached hydrogens (tertiary/aromatic N) is 2. The van der Waals surface area contributed by atoms with Crippen molar-refractivity contribution in [3.05, 3.63) is 53.3 Å². The van der Waals surface area contributed by atoms with E-state index in [-0.39, 0.29) is 5.56 Å². The minimum absolute atomic E-state index is 0.262. The molecule has 218 valence electrons. The summed E-state index contributed by atoms with van der Waals surface area (Å²) in [6, 6.07) is 5.13. The number of alkyl carbamates (subject to hydrolysis) is 1. The molecule has 1 atom stereocenters. The Hall–Kier alpha value is -4.77. The SMILES string of the molecule is COC(=O)[C@@H](NC(=O)c1ccc(C#CC#Cc2cnn(C(=O)OC(C)(C)C)c2)cc1)C(C)(C)NC(=O)OC(C)(C)C. The van der Waals surface area contributed by atoms with Crippen LogP contribution in [0.4, 0.5) is 9.59 Å². The third-order valence-corrected chi connectivity index (χ3v) is 5.04. The lowest BCUT2D eigenvalue weighted by molar-refractivity contribution is -0.144. The standard InChI is InChI=1S/C30H36N4O7/c1-28(2,3)40-26(37)33-30(7,8)23(25(36)39-9)32-24(35)22-16-14-20(15-17-22)12-10-11-13-21-18-31-34(19-21)27(38)41-29(4,5)6/h14-19,23H,1-9H3,(H,32,35)(H,33,37)/t23-/m1/s1. The molecule has 11 heteroatoms. The number of esters is 1. The highest BCUT2D eigenvalue weighted by atomic mass is 16.6. The summed E-state index contributed by atoms with van der Waals surface area (Å²) in [6.45, 7) is 13.6. The molecule has 1 aromatic heterocycles. The van der Waals surface area contributed by atoms with Gasteiger partial charge in [-0.3, -0.25) is 4.79 Å². The van der Waals surface area contributed by atoms with Crippen molar-refractivity contribution in [3.63, 3.8) is 0 Å². The molecule has 11 nitrogen and oxygen atoms in total.